The molecule has 0 saturated carbocycles. The fraction of sp³-hybridized carbons (Fsp3) is 0.355. The second-order valence-corrected chi connectivity index (χ2v) is 11.6. The molecule has 0 N–H and O–H groups in total. The summed E-state index contributed by atoms with van der Waals surface area (Å²) in [6, 6.07) is 24.3. The van der Waals surface area contributed by atoms with E-state index in [1.54, 1.807) is 31.4 Å². The molecule has 0 bridgehead atoms. The van der Waals surface area contributed by atoms with Gasteiger partial charge in [-0.05, 0) is 36.8 Å². The summed E-state index contributed by atoms with van der Waals surface area (Å²) in [5.41, 5.74) is 2.97. The molecule has 0 unspecified atom stereocenters. The monoisotopic (exact) mass is 550 g/mol. The van der Waals surface area contributed by atoms with Crippen LogP contribution >= 0.6 is 0 Å². The van der Waals surface area contributed by atoms with Crippen LogP contribution in [0.25, 0.3) is 6.08 Å². The Hall–Kier alpha value is -3.01. The smallest absolute Gasteiger partial charge is 0.297 e. The van der Waals surface area contributed by atoms with Gasteiger partial charge < -0.3 is 18.9 Å². The zero-order valence-corrected chi connectivity index (χ0v) is 23.1. The molecular formula is C31H34O7S. The first-order chi connectivity index (χ1) is 18.8. The van der Waals surface area contributed by atoms with Crippen LogP contribution in [0.1, 0.15) is 36.3 Å². The van der Waals surface area contributed by atoms with Crippen molar-refractivity contribution in [3.8, 4) is 5.75 Å². The van der Waals surface area contributed by atoms with E-state index in [-0.39, 0.29) is 41.8 Å². The SMILES string of the molecule is COc1ccc([C@H]2O[C@@H](/C=C/c3ccccc3)[C@H](C)[C@@H](C[C@@H]3O[C@H]3COS(=O)(=O)c3ccc(C)cc3)O2)cc1. The fourth-order valence-corrected chi connectivity index (χ4v) is 5.58. The number of benzene rings is 3. The molecule has 0 aromatic heterocycles. The van der Waals surface area contributed by atoms with E-state index < -0.39 is 16.4 Å². The van der Waals surface area contributed by atoms with Crippen molar-refractivity contribution in [2.75, 3.05) is 13.7 Å². The zero-order valence-electron chi connectivity index (χ0n) is 22.3. The van der Waals surface area contributed by atoms with Crippen LogP contribution < -0.4 is 4.74 Å². The summed E-state index contributed by atoms with van der Waals surface area (Å²) in [4.78, 5) is 0.141. The van der Waals surface area contributed by atoms with Crippen LogP contribution in [-0.2, 0) is 28.5 Å². The summed E-state index contributed by atoms with van der Waals surface area (Å²) >= 11 is 0. The van der Waals surface area contributed by atoms with Gasteiger partial charge >= 0.3 is 0 Å². The summed E-state index contributed by atoms with van der Waals surface area (Å²) in [6.07, 6.45) is 3.37. The molecular weight excluding hydrogens is 516 g/mol. The second kappa shape index (κ2) is 12.0. The maximum absolute atomic E-state index is 12.6. The number of methoxy groups -OCH3 is 1. The molecule has 8 heteroatoms. The van der Waals surface area contributed by atoms with Crippen LogP contribution in [0.2, 0.25) is 0 Å². The van der Waals surface area contributed by atoms with Crippen molar-refractivity contribution in [3.63, 3.8) is 0 Å². The van der Waals surface area contributed by atoms with Crippen molar-refractivity contribution in [3.05, 3.63) is 102 Å². The zero-order chi connectivity index (χ0) is 27.4. The summed E-state index contributed by atoms with van der Waals surface area (Å²) in [5, 5.41) is 0. The molecule has 2 aliphatic heterocycles. The molecule has 3 aromatic carbocycles. The molecule has 2 fully saturated rings. The lowest BCUT2D eigenvalue weighted by molar-refractivity contribution is -0.261. The average molecular weight is 551 g/mol. The summed E-state index contributed by atoms with van der Waals surface area (Å²) < 4.78 is 54.4. The van der Waals surface area contributed by atoms with E-state index in [0.29, 0.717) is 6.42 Å². The van der Waals surface area contributed by atoms with Gasteiger partial charge in [-0.3, -0.25) is 4.18 Å². The third-order valence-corrected chi connectivity index (χ3v) is 8.49. The maximum Gasteiger partial charge on any atom is 0.297 e. The minimum atomic E-state index is -3.84. The number of hydrogen-bond donors (Lipinski definition) is 0. The van der Waals surface area contributed by atoms with Gasteiger partial charge in [0, 0.05) is 17.9 Å². The second-order valence-electron chi connectivity index (χ2n) is 10.0. The Balaban J connectivity index is 1.25. The van der Waals surface area contributed by atoms with E-state index in [9.17, 15) is 8.42 Å². The van der Waals surface area contributed by atoms with Gasteiger partial charge in [0.25, 0.3) is 10.1 Å². The molecule has 2 heterocycles. The van der Waals surface area contributed by atoms with Crippen molar-refractivity contribution >= 4 is 16.2 Å². The van der Waals surface area contributed by atoms with E-state index in [0.717, 1.165) is 22.4 Å². The van der Waals surface area contributed by atoms with Gasteiger partial charge in [0.2, 0.25) is 0 Å². The highest BCUT2D eigenvalue weighted by Gasteiger charge is 2.46. The van der Waals surface area contributed by atoms with E-state index in [2.05, 4.69) is 19.1 Å². The minimum absolute atomic E-state index is 0.0300. The molecule has 6 atom stereocenters. The van der Waals surface area contributed by atoms with Crippen LogP contribution in [0, 0.1) is 12.8 Å². The fourth-order valence-electron chi connectivity index (χ4n) is 4.66. The molecule has 206 valence electrons. The topological polar surface area (TPSA) is 83.6 Å². The predicted octanol–water partition coefficient (Wildman–Crippen LogP) is 5.70. The molecule has 0 spiro atoms. The van der Waals surface area contributed by atoms with Crippen LogP contribution in [0.4, 0.5) is 0 Å². The third kappa shape index (κ3) is 6.96. The summed E-state index contributed by atoms with van der Waals surface area (Å²) in [7, 11) is -2.21. The Morgan fingerprint density at radius 1 is 0.846 bits per heavy atom. The van der Waals surface area contributed by atoms with E-state index in [4.69, 9.17) is 23.1 Å². The molecule has 2 saturated heterocycles. The molecule has 3 aromatic rings. The number of aryl methyl sites for hydroxylation is 1. The first kappa shape index (κ1) is 27.6. The van der Waals surface area contributed by atoms with E-state index in [1.807, 2.05) is 61.5 Å². The molecule has 2 aliphatic rings. The number of epoxide rings is 1. The van der Waals surface area contributed by atoms with Gasteiger partial charge in [-0.25, -0.2) is 0 Å². The van der Waals surface area contributed by atoms with Gasteiger partial charge in [0.15, 0.2) is 6.29 Å². The molecule has 7 nitrogen and oxygen atoms in total. The third-order valence-electron chi connectivity index (χ3n) is 7.20. The Morgan fingerprint density at radius 3 is 2.26 bits per heavy atom. The summed E-state index contributed by atoms with van der Waals surface area (Å²) in [5.74, 6) is 0.802. The quantitative estimate of drug-likeness (QED) is 0.237. The largest absolute Gasteiger partial charge is 0.497 e. The standard InChI is InChI=1S/C31H34O7S/c1-21-9-16-26(17-10-21)39(32,33)35-20-30-29(36-30)19-28-22(2)27(18-11-23-7-5-4-6-8-23)37-31(38-28)24-12-14-25(34-3)15-13-24/h4-18,22,27-31H,19-20H2,1-3H3/b18-11+/t22-,27-,28+,29-,30-,31-/m0/s1. The Labute approximate surface area is 230 Å². The first-order valence-electron chi connectivity index (χ1n) is 13.1. The van der Waals surface area contributed by atoms with Gasteiger partial charge in [-0.1, -0.05) is 79.2 Å². The predicted molar refractivity (Wildman–Crippen MR) is 148 cm³/mol. The molecule has 39 heavy (non-hydrogen) atoms. The molecule has 5 rings (SSSR count). The van der Waals surface area contributed by atoms with Crippen LogP contribution in [-0.4, -0.2) is 46.6 Å². The van der Waals surface area contributed by atoms with E-state index >= 15 is 0 Å². The van der Waals surface area contributed by atoms with Crippen LogP contribution in [0.15, 0.2) is 89.8 Å². The lowest BCUT2D eigenvalue weighted by Crippen LogP contribution is -2.41. The Kier molecular flexibility index (Phi) is 8.49. The van der Waals surface area contributed by atoms with E-state index in [1.165, 1.54) is 0 Å². The van der Waals surface area contributed by atoms with Crippen LogP contribution in [0.5, 0.6) is 5.75 Å². The van der Waals surface area contributed by atoms with Gasteiger partial charge in [0.05, 0.1) is 36.9 Å². The highest BCUT2D eigenvalue weighted by molar-refractivity contribution is 7.86. The van der Waals surface area contributed by atoms with Gasteiger partial charge in [-0.15, -0.1) is 0 Å². The summed E-state index contributed by atoms with van der Waals surface area (Å²) in [6.45, 7) is 3.98. The van der Waals surface area contributed by atoms with Gasteiger partial charge in [0.1, 0.15) is 11.9 Å². The van der Waals surface area contributed by atoms with Crippen molar-refractivity contribution in [1.29, 1.82) is 0 Å². The maximum atomic E-state index is 12.6. The van der Waals surface area contributed by atoms with Crippen molar-refractivity contribution in [2.24, 2.45) is 5.92 Å². The highest BCUT2D eigenvalue weighted by atomic mass is 32.2. The number of rotatable bonds is 10. The van der Waals surface area contributed by atoms with Crippen molar-refractivity contribution in [1.82, 2.24) is 0 Å². The number of hydrogen-bond acceptors (Lipinski definition) is 7. The average Bonchev–Trinajstić information content (AvgIpc) is 3.71. The van der Waals surface area contributed by atoms with Crippen LogP contribution in [0.3, 0.4) is 0 Å². The Bertz CT molecular complexity index is 1350. The lowest BCUT2D eigenvalue weighted by atomic mass is 9.91. The van der Waals surface area contributed by atoms with Gasteiger partial charge in [-0.2, -0.15) is 8.42 Å². The number of ether oxygens (including phenoxy) is 4. The first-order valence-corrected chi connectivity index (χ1v) is 14.5. The lowest BCUT2D eigenvalue weighted by Gasteiger charge is -2.40. The Morgan fingerprint density at radius 2 is 1.56 bits per heavy atom. The highest BCUT2D eigenvalue weighted by Crippen LogP contribution is 2.39. The van der Waals surface area contributed by atoms with Crippen molar-refractivity contribution < 1.29 is 31.5 Å². The molecule has 0 amide bonds. The molecule has 0 radical (unpaired) electrons. The molecule has 0 aliphatic carbocycles. The van der Waals surface area contributed by atoms with Crippen molar-refractivity contribution in [2.45, 2.75) is 55.9 Å². The normalized spacial score (nSPS) is 26.9. The minimum Gasteiger partial charge on any atom is -0.497 e.